The van der Waals surface area contributed by atoms with E-state index < -0.39 is 10.0 Å². The van der Waals surface area contributed by atoms with Gasteiger partial charge in [-0.15, -0.1) is 22.7 Å². The summed E-state index contributed by atoms with van der Waals surface area (Å²) in [6.45, 7) is 0.810. The number of nitrogens with zero attached hydrogens (tertiary/aromatic N) is 2. The summed E-state index contributed by atoms with van der Waals surface area (Å²) in [6.07, 6.45) is 0.704. The maximum Gasteiger partial charge on any atom is 0.252 e. The van der Waals surface area contributed by atoms with Crippen molar-refractivity contribution in [3.05, 3.63) is 33.6 Å². The summed E-state index contributed by atoms with van der Waals surface area (Å²) >= 11 is 2.73. The normalized spacial score (nSPS) is 12.2. The summed E-state index contributed by atoms with van der Waals surface area (Å²) in [5.74, 6) is 0. The summed E-state index contributed by atoms with van der Waals surface area (Å²) in [5, 5.41) is 1.85. The molecule has 0 aromatic carbocycles. The Morgan fingerprint density at radius 2 is 2.21 bits per heavy atom. The highest BCUT2D eigenvalue weighted by molar-refractivity contribution is 7.91. The summed E-state index contributed by atoms with van der Waals surface area (Å²) in [7, 11) is -1.87. The van der Waals surface area contributed by atoms with E-state index in [9.17, 15) is 8.42 Å². The lowest BCUT2D eigenvalue weighted by Gasteiger charge is -2.14. The van der Waals surface area contributed by atoms with Crippen molar-refractivity contribution in [3.63, 3.8) is 0 Å². The number of hydrogen-bond acceptors (Lipinski definition) is 6. The molecular formula is C11H15N3O2S3. The number of aromatic nitrogens is 1. The van der Waals surface area contributed by atoms with Crippen molar-refractivity contribution >= 4 is 32.7 Å². The zero-order chi connectivity index (χ0) is 13.9. The maximum atomic E-state index is 12.4. The van der Waals surface area contributed by atoms with Crippen molar-refractivity contribution in [1.29, 1.82) is 0 Å². The second-order valence-electron chi connectivity index (χ2n) is 4.00. The molecule has 0 aliphatic rings. The van der Waals surface area contributed by atoms with Crippen LogP contribution in [0.25, 0.3) is 0 Å². The Labute approximate surface area is 120 Å². The van der Waals surface area contributed by atoms with Gasteiger partial charge in [-0.05, 0) is 25.1 Å². The van der Waals surface area contributed by atoms with Gasteiger partial charge in [0.25, 0.3) is 10.0 Å². The summed E-state index contributed by atoms with van der Waals surface area (Å²) in [5.41, 5.74) is 7.92. The van der Waals surface area contributed by atoms with Crippen LogP contribution in [0.2, 0.25) is 0 Å². The first-order valence-corrected chi connectivity index (χ1v) is 8.86. The van der Waals surface area contributed by atoms with Gasteiger partial charge < -0.3 is 5.73 Å². The molecule has 104 valence electrons. The second kappa shape index (κ2) is 6.10. The number of rotatable bonds is 6. The van der Waals surface area contributed by atoms with Crippen LogP contribution in [-0.4, -0.2) is 31.3 Å². The lowest BCUT2D eigenvalue weighted by Crippen LogP contribution is -2.25. The average molecular weight is 317 g/mol. The Morgan fingerprint density at radius 3 is 2.84 bits per heavy atom. The molecule has 0 aliphatic heterocycles. The molecule has 0 unspecified atom stereocenters. The molecule has 0 aliphatic carbocycles. The smallest absolute Gasteiger partial charge is 0.252 e. The van der Waals surface area contributed by atoms with E-state index in [0.29, 0.717) is 17.2 Å². The molecule has 2 aromatic heterocycles. The SMILES string of the molecule is CN(Cc1cscn1)S(=O)(=O)c1ccc(CCN)s1. The molecule has 0 radical (unpaired) electrons. The average Bonchev–Trinajstić information content (AvgIpc) is 3.00. The van der Waals surface area contributed by atoms with Gasteiger partial charge in [-0.2, -0.15) is 4.31 Å². The molecule has 0 bridgehead atoms. The fourth-order valence-electron chi connectivity index (χ4n) is 1.56. The third kappa shape index (κ3) is 3.40. The van der Waals surface area contributed by atoms with E-state index in [-0.39, 0.29) is 6.54 Å². The van der Waals surface area contributed by atoms with Crippen LogP contribution in [0.5, 0.6) is 0 Å². The standard InChI is InChI=1S/C11H15N3O2S3/c1-14(6-9-7-17-8-13-9)19(15,16)11-3-2-10(18-11)4-5-12/h2-3,7-8H,4-6,12H2,1H3. The van der Waals surface area contributed by atoms with Crippen LogP contribution in [0.1, 0.15) is 10.6 Å². The van der Waals surface area contributed by atoms with Crippen molar-refractivity contribution in [2.75, 3.05) is 13.6 Å². The highest BCUT2D eigenvalue weighted by Gasteiger charge is 2.23. The van der Waals surface area contributed by atoms with E-state index in [1.807, 2.05) is 11.4 Å². The first kappa shape index (κ1) is 14.6. The minimum Gasteiger partial charge on any atom is -0.330 e. The lowest BCUT2D eigenvalue weighted by atomic mass is 10.3. The fraction of sp³-hybridized carbons (Fsp3) is 0.364. The molecule has 2 heterocycles. The van der Waals surface area contributed by atoms with Crippen LogP contribution in [-0.2, 0) is 23.0 Å². The molecule has 5 nitrogen and oxygen atoms in total. The molecule has 0 saturated heterocycles. The van der Waals surface area contributed by atoms with E-state index in [1.54, 1.807) is 18.6 Å². The van der Waals surface area contributed by atoms with E-state index >= 15 is 0 Å². The third-order valence-electron chi connectivity index (χ3n) is 2.56. The van der Waals surface area contributed by atoms with Crippen LogP contribution in [0.4, 0.5) is 0 Å². The number of thiazole rings is 1. The molecule has 8 heteroatoms. The number of thiophene rings is 1. The van der Waals surface area contributed by atoms with Crippen LogP contribution in [0.15, 0.2) is 27.2 Å². The van der Waals surface area contributed by atoms with Gasteiger partial charge in [0.15, 0.2) is 0 Å². The topological polar surface area (TPSA) is 76.3 Å². The van der Waals surface area contributed by atoms with Gasteiger partial charge in [0, 0.05) is 17.3 Å². The van der Waals surface area contributed by atoms with Crippen LogP contribution in [0, 0.1) is 0 Å². The largest absolute Gasteiger partial charge is 0.330 e. The molecule has 2 rings (SSSR count). The molecule has 0 atom stereocenters. The number of sulfonamides is 1. The predicted octanol–water partition coefficient (Wildman–Crippen LogP) is 1.53. The molecule has 0 spiro atoms. The predicted molar refractivity (Wildman–Crippen MR) is 77.8 cm³/mol. The molecule has 0 amide bonds. The van der Waals surface area contributed by atoms with Crippen LogP contribution in [0.3, 0.4) is 0 Å². The Bertz CT molecular complexity index is 619. The Morgan fingerprint density at radius 1 is 1.42 bits per heavy atom. The van der Waals surface area contributed by atoms with Crippen molar-refractivity contribution in [2.24, 2.45) is 5.73 Å². The molecule has 2 aromatic rings. The monoisotopic (exact) mass is 317 g/mol. The minimum atomic E-state index is -3.44. The Kier molecular flexibility index (Phi) is 4.69. The first-order chi connectivity index (χ1) is 9.04. The Balaban J connectivity index is 2.16. The zero-order valence-electron chi connectivity index (χ0n) is 10.4. The molecule has 2 N–H and O–H groups in total. The summed E-state index contributed by atoms with van der Waals surface area (Å²) in [6, 6.07) is 3.46. The number of nitrogens with two attached hydrogens (primary N) is 1. The molecule has 0 saturated carbocycles. The highest BCUT2D eigenvalue weighted by Crippen LogP contribution is 2.25. The lowest BCUT2D eigenvalue weighted by molar-refractivity contribution is 0.464. The van der Waals surface area contributed by atoms with E-state index in [4.69, 9.17) is 5.73 Å². The van der Waals surface area contributed by atoms with Gasteiger partial charge in [-0.25, -0.2) is 13.4 Å². The van der Waals surface area contributed by atoms with Gasteiger partial charge in [0.2, 0.25) is 0 Å². The van der Waals surface area contributed by atoms with Gasteiger partial charge in [0.05, 0.1) is 17.7 Å². The zero-order valence-corrected chi connectivity index (χ0v) is 12.9. The molecular weight excluding hydrogens is 302 g/mol. The minimum absolute atomic E-state index is 0.288. The highest BCUT2D eigenvalue weighted by atomic mass is 32.2. The number of hydrogen-bond donors (Lipinski definition) is 1. The van der Waals surface area contributed by atoms with Gasteiger partial charge >= 0.3 is 0 Å². The molecule has 0 fully saturated rings. The van der Waals surface area contributed by atoms with Gasteiger partial charge in [-0.3, -0.25) is 0 Å². The Hall–Kier alpha value is -0.800. The van der Waals surface area contributed by atoms with Crippen molar-refractivity contribution in [3.8, 4) is 0 Å². The van der Waals surface area contributed by atoms with Gasteiger partial charge in [0.1, 0.15) is 4.21 Å². The van der Waals surface area contributed by atoms with E-state index in [2.05, 4.69) is 4.98 Å². The van der Waals surface area contributed by atoms with Crippen LogP contribution < -0.4 is 5.73 Å². The maximum absolute atomic E-state index is 12.4. The van der Waals surface area contributed by atoms with E-state index in [0.717, 1.165) is 10.6 Å². The summed E-state index contributed by atoms with van der Waals surface area (Å²) in [4.78, 5) is 5.09. The van der Waals surface area contributed by atoms with Crippen molar-refractivity contribution < 1.29 is 8.42 Å². The second-order valence-corrected chi connectivity index (χ2v) is 8.16. The molecule has 19 heavy (non-hydrogen) atoms. The van der Waals surface area contributed by atoms with Gasteiger partial charge in [-0.1, -0.05) is 0 Å². The first-order valence-electron chi connectivity index (χ1n) is 5.66. The fourth-order valence-corrected chi connectivity index (χ4v) is 4.83. The van der Waals surface area contributed by atoms with E-state index in [1.165, 1.54) is 27.0 Å². The van der Waals surface area contributed by atoms with Crippen molar-refractivity contribution in [2.45, 2.75) is 17.2 Å². The van der Waals surface area contributed by atoms with Crippen LogP contribution >= 0.6 is 22.7 Å². The summed E-state index contributed by atoms with van der Waals surface area (Å²) < 4.78 is 26.4. The quantitative estimate of drug-likeness (QED) is 0.876. The van der Waals surface area contributed by atoms with Crippen molar-refractivity contribution in [1.82, 2.24) is 9.29 Å². The third-order valence-corrected chi connectivity index (χ3v) is 6.61.